The predicted molar refractivity (Wildman–Crippen MR) is 56.2 cm³/mol. The van der Waals surface area contributed by atoms with Gasteiger partial charge in [0.25, 0.3) is 0 Å². The Morgan fingerprint density at radius 1 is 1.38 bits per heavy atom. The van der Waals surface area contributed by atoms with Crippen LogP contribution in [-0.2, 0) is 6.18 Å². The second kappa shape index (κ2) is 4.63. The van der Waals surface area contributed by atoms with Crippen LogP contribution in [0.1, 0.15) is 21.5 Å². The lowest BCUT2D eigenvalue weighted by molar-refractivity contribution is -0.137. The summed E-state index contributed by atoms with van der Waals surface area (Å²) in [6.45, 7) is 1.39. The molecular formula is C10H7Cl2F3O. The van der Waals surface area contributed by atoms with E-state index in [1.807, 2.05) is 0 Å². The molecule has 0 spiro atoms. The van der Waals surface area contributed by atoms with Crippen molar-refractivity contribution in [2.24, 2.45) is 0 Å². The highest BCUT2D eigenvalue weighted by Gasteiger charge is 2.36. The van der Waals surface area contributed by atoms with Crippen LogP contribution < -0.4 is 0 Å². The molecule has 88 valence electrons. The van der Waals surface area contributed by atoms with Gasteiger partial charge in [0.15, 0.2) is 5.78 Å². The van der Waals surface area contributed by atoms with Crippen molar-refractivity contribution in [2.75, 3.05) is 5.88 Å². The summed E-state index contributed by atoms with van der Waals surface area (Å²) < 4.78 is 38.0. The minimum Gasteiger partial charge on any atom is -0.293 e. The van der Waals surface area contributed by atoms with Crippen molar-refractivity contribution in [3.8, 4) is 0 Å². The first-order valence-electron chi connectivity index (χ1n) is 4.24. The SMILES string of the molecule is Cc1cc(Cl)cc(C(F)(F)F)c1C(=O)CCl. The molecule has 0 unspecified atom stereocenters. The summed E-state index contributed by atoms with van der Waals surface area (Å²) in [6.07, 6.45) is -4.62. The highest BCUT2D eigenvalue weighted by Crippen LogP contribution is 2.35. The molecule has 1 nitrogen and oxygen atoms in total. The highest BCUT2D eigenvalue weighted by molar-refractivity contribution is 6.32. The lowest BCUT2D eigenvalue weighted by atomic mass is 9.98. The lowest BCUT2D eigenvalue weighted by Gasteiger charge is -2.14. The average molecular weight is 271 g/mol. The number of carbonyl (C=O) groups is 1. The molecule has 0 radical (unpaired) electrons. The summed E-state index contributed by atoms with van der Waals surface area (Å²) in [7, 11) is 0. The van der Waals surface area contributed by atoms with Gasteiger partial charge >= 0.3 is 6.18 Å². The number of aryl methyl sites for hydroxylation is 1. The Hall–Kier alpha value is -0.740. The van der Waals surface area contributed by atoms with Gasteiger partial charge in [-0.05, 0) is 24.6 Å². The normalized spacial score (nSPS) is 11.6. The molecule has 0 aliphatic carbocycles. The van der Waals surface area contributed by atoms with Crippen molar-refractivity contribution in [1.82, 2.24) is 0 Å². The third kappa shape index (κ3) is 2.68. The molecule has 16 heavy (non-hydrogen) atoms. The van der Waals surface area contributed by atoms with Gasteiger partial charge < -0.3 is 0 Å². The smallest absolute Gasteiger partial charge is 0.293 e. The van der Waals surface area contributed by atoms with E-state index < -0.39 is 29.0 Å². The molecule has 0 saturated carbocycles. The van der Waals surface area contributed by atoms with Gasteiger partial charge in [-0.1, -0.05) is 11.6 Å². The first kappa shape index (κ1) is 13.3. The number of halogens is 5. The number of benzene rings is 1. The number of ketones is 1. The van der Waals surface area contributed by atoms with Gasteiger partial charge in [-0.25, -0.2) is 0 Å². The van der Waals surface area contributed by atoms with Gasteiger partial charge in [-0.15, -0.1) is 11.6 Å². The molecule has 0 N–H and O–H groups in total. The zero-order valence-electron chi connectivity index (χ0n) is 8.16. The molecule has 0 aliphatic heterocycles. The quantitative estimate of drug-likeness (QED) is 0.585. The molecule has 6 heteroatoms. The van der Waals surface area contributed by atoms with Gasteiger partial charge in [-0.2, -0.15) is 13.2 Å². The molecule has 1 aromatic carbocycles. The molecule has 0 bridgehead atoms. The second-order valence-electron chi connectivity index (χ2n) is 3.20. The van der Waals surface area contributed by atoms with Crippen molar-refractivity contribution in [1.29, 1.82) is 0 Å². The van der Waals surface area contributed by atoms with Gasteiger partial charge in [0.2, 0.25) is 0 Å². The molecule has 0 amide bonds. The second-order valence-corrected chi connectivity index (χ2v) is 3.90. The third-order valence-corrected chi connectivity index (χ3v) is 2.47. The lowest BCUT2D eigenvalue weighted by Crippen LogP contribution is -2.15. The largest absolute Gasteiger partial charge is 0.417 e. The van der Waals surface area contributed by atoms with Crippen LogP contribution in [0.3, 0.4) is 0 Å². The molecular weight excluding hydrogens is 264 g/mol. The van der Waals surface area contributed by atoms with Crippen molar-refractivity contribution in [3.05, 3.63) is 33.8 Å². The average Bonchev–Trinajstić information content (AvgIpc) is 2.14. The van der Waals surface area contributed by atoms with Crippen LogP contribution in [0.2, 0.25) is 5.02 Å². The van der Waals surface area contributed by atoms with E-state index in [1.54, 1.807) is 0 Å². The third-order valence-electron chi connectivity index (χ3n) is 2.01. The van der Waals surface area contributed by atoms with Crippen molar-refractivity contribution in [3.63, 3.8) is 0 Å². The Morgan fingerprint density at radius 2 is 1.94 bits per heavy atom. The van der Waals surface area contributed by atoms with E-state index in [2.05, 4.69) is 0 Å². The van der Waals surface area contributed by atoms with Crippen LogP contribution in [0, 0.1) is 6.92 Å². The molecule has 0 heterocycles. The van der Waals surface area contributed by atoms with Crippen LogP contribution in [0.25, 0.3) is 0 Å². The predicted octanol–water partition coefficient (Wildman–Crippen LogP) is 4.09. The molecule has 0 aromatic heterocycles. The summed E-state index contributed by atoms with van der Waals surface area (Å²) in [6, 6.07) is 2.03. The Balaban J connectivity index is 3.51. The monoisotopic (exact) mass is 270 g/mol. The van der Waals surface area contributed by atoms with E-state index in [4.69, 9.17) is 23.2 Å². The fourth-order valence-electron chi connectivity index (χ4n) is 1.40. The van der Waals surface area contributed by atoms with Gasteiger partial charge in [-0.3, -0.25) is 4.79 Å². The van der Waals surface area contributed by atoms with E-state index >= 15 is 0 Å². The van der Waals surface area contributed by atoms with Gasteiger partial charge in [0, 0.05) is 10.6 Å². The first-order chi connectivity index (χ1) is 7.27. The molecule has 1 rings (SSSR count). The molecule has 1 aromatic rings. The summed E-state index contributed by atoms with van der Waals surface area (Å²) in [5.74, 6) is -1.26. The topological polar surface area (TPSA) is 17.1 Å². The number of hydrogen-bond donors (Lipinski definition) is 0. The number of hydrogen-bond acceptors (Lipinski definition) is 1. The maximum atomic E-state index is 12.7. The number of alkyl halides is 4. The Kier molecular flexibility index (Phi) is 3.86. The Bertz CT molecular complexity index is 427. The molecule has 0 aliphatic rings. The number of carbonyl (C=O) groups excluding carboxylic acids is 1. The summed E-state index contributed by atoms with van der Waals surface area (Å²) >= 11 is 10.8. The molecule has 0 saturated heterocycles. The Labute approximate surface area is 100 Å². The van der Waals surface area contributed by atoms with Crippen LogP contribution in [0.5, 0.6) is 0 Å². The number of Topliss-reactive ketones (excluding diaryl/α,β-unsaturated/α-hetero) is 1. The van der Waals surface area contributed by atoms with Crippen LogP contribution in [0.4, 0.5) is 13.2 Å². The van der Waals surface area contributed by atoms with E-state index in [-0.39, 0.29) is 10.6 Å². The van der Waals surface area contributed by atoms with E-state index in [0.717, 1.165) is 6.07 Å². The summed E-state index contributed by atoms with van der Waals surface area (Å²) in [5, 5.41) is -0.0593. The van der Waals surface area contributed by atoms with E-state index in [1.165, 1.54) is 13.0 Å². The summed E-state index contributed by atoms with van der Waals surface area (Å²) in [4.78, 5) is 11.3. The number of rotatable bonds is 2. The minimum absolute atomic E-state index is 0.0593. The van der Waals surface area contributed by atoms with Gasteiger partial charge in [0.1, 0.15) is 0 Å². The van der Waals surface area contributed by atoms with Crippen molar-refractivity contribution >= 4 is 29.0 Å². The highest BCUT2D eigenvalue weighted by atomic mass is 35.5. The molecule has 0 fully saturated rings. The van der Waals surface area contributed by atoms with E-state index in [9.17, 15) is 18.0 Å². The van der Waals surface area contributed by atoms with Crippen LogP contribution in [-0.4, -0.2) is 11.7 Å². The maximum Gasteiger partial charge on any atom is 0.417 e. The minimum atomic E-state index is -4.62. The Morgan fingerprint density at radius 3 is 2.38 bits per heavy atom. The summed E-state index contributed by atoms with van der Waals surface area (Å²) in [5.41, 5.74) is -1.28. The first-order valence-corrected chi connectivity index (χ1v) is 5.15. The molecule has 0 atom stereocenters. The van der Waals surface area contributed by atoms with Crippen molar-refractivity contribution in [2.45, 2.75) is 13.1 Å². The zero-order valence-corrected chi connectivity index (χ0v) is 9.67. The zero-order chi connectivity index (χ0) is 12.5. The van der Waals surface area contributed by atoms with Crippen molar-refractivity contribution < 1.29 is 18.0 Å². The van der Waals surface area contributed by atoms with Crippen LogP contribution in [0.15, 0.2) is 12.1 Å². The maximum absolute atomic E-state index is 12.7. The standard InChI is InChI=1S/C10H7Cl2F3O/c1-5-2-6(12)3-7(10(13,14)15)9(5)8(16)4-11/h2-3H,4H2,1H3. The fourth-order valence-corrected chi connectivity index (χ4v) is 1.81. The van der Waals surface area contributed by atoms with Gasteiger partial charge in [0.05, 0.1) is 11.4 Å². The van der Waals surface area contributed by atoms with Crippen LogP contribution >= 0.6 is 23.2 Å². The fraction of sp³-hybridized carbons (Fsp3) is 0.300. The van der Waals surface area contributed by atoms with E-state index in [0.29, 0.717) is 0 Å².